The molecule has 0 radical (unpaired) electrons. The topological polar surface area (TPSA) is 50.8 Å². The van der Waals surface area contributed by atoms with Crippen molar-refractivity contribution in [2.24, 2.45) is 0 Å². The monoisotopic (exact) mass is 346 g/mol. The Morgan fingerprint density at radius 3 is 2.71 bits per heavy atom. The fourth-order valence-electron chi connectivity index (χ4n) is 2.80. The minimum Gasteiger partial charge on any atom is -0.406 e. The van der Waals surface area contributed by atoms with Gasteiger partial charge in [-0.25, -0.2) is 0 Å². The number of hydrogen-bond donors (Lipinski definition) is 1. The Labute approximate surface area is 138 Å². The number of nitrogens with zero attached hydrogens (tertiary/aromatic N) is 1. The van der Waals surface area contributed by atoms with E-state index in [4.69, 9.17) is 4.74 Å². The number of carbonyl (C=O) groups is 1. The van der Waals surface area contributed by atoms with Crippen molar-refractivity contribution in [2.75, 3.05) is 27.2 Å². The molecule has 1 fully saturated rings. The van der Waals surface area contributed by atoms with Crippen LogP contribution in [0.25, 0.3) is 0 Å². The van der Waals surface area contributed by atoms with E-state index in [1.807, 2.05) is 11.9 Å². The largest absolute Gasteiger partial charge is 0.573 e. The molecule has 5 nitrogen and oxygen atoms in total. The smallest absolute Gasteiger partial charge is 0.406 e. The summed E-state index contributed by atoms with van der Waals surface area (Å²) in [5.74, 6) is -0.386. The third-order valence-electron chi connectivity index (χ3n) is 4.04. The lowest BCUT2D eigenvalue weighted by Crippen LogP contribution is -2.42. The number of benzene rings is 1. The summed E-state index contributed by atoms with van der Waals surface area (Å²) < 4.78 is 46.4. The van der Waals surface area contributed by atoms with Crippen LogP contribution in [0.4, 0.5) is 13.2 Å². The highest BCUT2D eigenvalue weighted by Crippen LogP contribution is 2.26. The quantitative estimate of drug-likeness (QED) is 0.856. The predicted octanol–water partition coefficient (Wildman–Crippen LogP) is 1.96. The summed E-state index contributed by atoms with van der Waals surface area (Å²) in [7, 11) is 3.45. The molecule has 2 atom stereocenters. The second kappa shape index (κ2) is 7.85. The van der Waals surface area contributed by atoms with E-state index < -0.39 is 6.36 Å². The van der Waals surface area contributed by atoms with Gasteiger partial charge in [0.05, 0.1) is 12.1 Å². The number of ether oxygens (including phenoxy) is 2. The van der Waals surface area contributed by atoms with Crippen LogP contribution in [0.5, 0.6) is 5.75 Å². The molecule has 1 aromatic rings. The molecule has 24 heavy (non-hydrogen) atoms. The van der Waals surface area contributed by atoms with E-state index in [-0.39, 0.29) is 36.8 Å². The number of para-hydroxylation sites is 1. The lowest BCUT2D eigenvalue weighted by molar-refractivity contribution is -0.274. The summed E-state index contributed by atoms with van der Waals surface area (Å²) in [6.45, 7) is 0.913. The van der Waals surface area contributed by atoms with E-state index in [1.165, 1.54) is 12.1 Å². The zero-order valence-electron chi connectivity index (χ0n) is 13.6. The Morgan fingerprint density at radius 1 is 1.38 bits per heavy atom. The van der Waals surface area contributed by atoms with E-state index in [1.54, 1.807) is 19.2 Å². The molecule has 1 aliphatic heterocycles. The van der Waals surface area contributed by atoms with Gasteiger partial charge in [-0.3, -0.25) is 9.69 Å². The van der Waals surface area contributed by atoms with Crippen LogP contribution in [0.1, 0.15) is 12.0 Å². The first-order chi connectivity index (χ1) is 11.3. The molecule has 0 spiro atoms. The van der Waals surface area contributed by atoms with Crippen LogP contribution in [-0.2, 0) is 16.0 Å². The number of rotatable bonds is 6. The highest BCUT2D eigenvalue weighted by Gasteiger charge is 2.34. The number of nitrogens with one attached hydrogen (secondary N) is 1. The van der Waals surface area contributed by atoms with Gasteiger partial charge in [0.15, 0.2) is 0 Å². The molecule has 2 rings (SSSR count). The Kier molecular flexibility index (Phi) is 6.06. The second-order valence-corrected chi connectivity index (χ2v) is 5.75. The van der Waals surface area contributed by atoms with Crippen molar-refractivity contribution < 1.29 is 27.4 Å². The summed E-state index contributed by atoms with van der Waals surface area (Å²) in [5.41, 5.74) is 0.393. The van der Waals surface area contributed by atoms with Gasteiger partial charge in [-0.15, -0.1) is 13.2 Å². The molecule has 0 bridgehead atoms. The summed E-state index contributed by atoms with van der Waals surface area (Å²) >= 11 is 0. The first kappa shape index (κ1) is 18.5. The summed E-state index contributed by atoms with van der Waals surface area (Å²) in [6.07, 6.45) is -3.86. The Morgan fingerprint density at radius 2 is 2.08 bits per heavy atom. The fraction of sp³-hybridized carbons (Fsp3) is 0.562. The SMILES string of the molecule is CO[C@H]1C[C@@H](C(=O)NCCc2ccccc2OC(F)(F)F)N(C)C1. The second-order valence-electron chi connectivity index (χ2n) is 5.75. The molecule has 1 aromatic carbocycles. The van der Waals surface area contributed by atoms with Crippen molar-refractivity contribution >= 4 is 5.91 Å². The Balaban J connectivity index is 1.87. The van der Waals surface area contributed by atoms with Gasteiger partial charge in [0, 0.05) is 20.2 Å². The van der Waals surface area contributed by atoms with Crippen molar-refractivity contribution in [3.05, 3.63) is 29.8 Å². The van der Waals surface area contributed by atoms with Crippen molar-refractivity contribution in [2.45, 2.75) is 31.3 Å². The molecule has 1 N–H and O–H groups in total. The van der Waals surface area contributed by atoms with Gasteiger partial charge in [0.1, 0.15) is 5.75 Å². The molecule has 0 unspecified atom stereocenters. The molecule has 1 amide bonds. The number of hydrogen-bond acceptors (Lipinski definition) is 4. The molecule has 0 aliphatic carbocycles. The third-order valence-corrected chi connectivity index (χ3v) is 4.04. The lowest BCUT2D eigenvalue weighted by Gasteiger charge is -2.18. The van der Waals surface area contributed by atoms with Crippen LogP contribution in [0, 0.1) is 0 Å². The molecule has 1 aliphatic rings. The summed E-state index contributed by atoms with van der Waals surface area (Å²) in [6, 6.07) is 5.64. The maximum Gasteiger partial charge on any atom is 0.573 e. The van der Waals surface area contributed by atoms with Gasteiger partial charge in [0.25, 0.3) is 0 Å². The number of alkyl halides is 3. The maximum atomic E-state index is 12.4. The average Bonchev–Trinajstić information content (AvgIpc) is 2.88. The zero-order valence-corrected chi connectivity index (χ0v) is 13.6. The number of methoxy groups -OCH3 is 1. The van der Waals surface area contributed by atoms with E-state index >= 15 is 0 Å². The summed E-state index contributed by atoms with van der Waals surface area (Å²) in [4.78, 5) is 14.1. The third kappa shape index (κ3) is 5.10. The van der Waals surface area contributed by atoms with Gasteiger partial charge >= 0.3 is 6.36 Å². The molecule has 1 heterocycles. The van der Waals surface area contributed by atoms with Crippen LogP contribution in [0.2, 0.25) is 0 Å². The Hall–Kier alpha value is -1.80. The molecule has 1 saturated heterocycles. The first-order valence-corrected chi connectivity index (χ1v) is 7.64. The molecule has 0 aromatic heterocycles. The van der Waals surface area contributed by atoms with Gasteiger partial charge in [-0.05, 0) is 31.5 Å². The number of likely N-dealkylation sites (N-methyl/N-ethyl adjacent to an activating group) is 1. The fourth-order valence-corrected chi connectivity index (χ4v) is 2.80. The molecular weight excluding hydrogens is 325 g/mol. The molecule has 0 saturated carbocycles. The predicted molar refractivity (Wildman–Crippen MR) is 81.7 cm³/mol. The van der Waals surface area contributed by atoms with Gasteiger partial charge in [-0.2, -0.15) is 0 Å². The van der Waals surface area contributed by atoms with Crippen molar-refractivity contribution in [3.8, 4) is 5.75 Å². The first-order valence-electron chi connectivity index (χ1n) is 7.64. The molecular formula is C16H21F3N2O3. The van der Waals surface area contributed by atoms with Crippen molar-refractivity contribution in [1.82, 2.24) is 10.2 Å². The van der Waals surface area contributed by atoms with Crippen LogP contribution in [0.15, 0.2) is 24.3 Å². The Bertz CT molecular complexity index is 566. The standard InChI is InChI=1S/C16H21F3N2O3/c1-21-10-12(23-2)9-13(21)15(22)20-8-7-11-5-3-4-6-14(11)24-16(17,18)19/h3-6,12-13H,7-10H2,1-2H3,(H,20,22)/t12-,13-/m0/s1. The highest BCUT2D eigenvalue weighted by atomic mass is 19.4. The van der Waals surface area contributed by atoms with Gasteiger partial charge < -0.3 is 14.8 Å². The number of likely N-dealkylation sites (tertiary alicyclic amines) is 1. The van der Waals surface area contributed by atoms with Crippen LogP contribution in [-0.4, -0.2) is 56.6 Å². The number of carbonyl (C=O) groups excluding carboxylic acids is 1. The van der Waals surface area contributed by atoms with Crippen LogP contribution >= 0.6 is 0 Å². The van der Waals surface area contributed by atoms with Crippen LogP contribution in [0.3, 0.4) is 0 Å². The summed E-state index contributed by atoms with van der Waals surface area (Å²) in [5, 5.41) is 2.77. The van der Waals surface area contributed by atoms with Gasteiger partial charge in [0.2, 0.25) is 5.91 Å². The lowest BCUT2D eigenvalue weighted by atomic mass is 10.1. The van der Waals surface area contributed by atoms with E-state index in [0.717, 1.165) is 0 Å². The number of halogens is 3. The van der Waals surface area contributed by atoms with E-state index in [2.05, 4.69) is 10.1 Å². The van der Waals surface area contributed by atoms with E-state index in [0.29, 0.717) is 18.5 Å². The van der Waals surface area contributed by atoms with Crippen LogP contribution < -0.4 is 10.1 Å². The van der Waals surface area contributed by atoms with Gasteiger partial charge in [-0.1, -0.05) is 18.2 Å². The number of amides is 1. The highest BCUT2D eigenvalue weighted by molar-refractivity contribution is 5.82. The maximum absolute atomic E-state index is 12.4. The zero-order chi connectivity index (χ0) is 17.7. The minimum absolute atomic E-state index is 0.0201. The molecule has 134 valence electrons. The van der Waals surface area contributed by atoms with Crippen molar-refractivity contribution in [1.29, 1.82) is 0 Å². The minimum atomic E-state index is -4.74. The van der Waals surface area contributed by atoms with Crippen molar-refractivity contribution in [3.63, 3.8) is 0 Å². The molecule has 8 heteroatoms. The average molecular weight is 346 g/mol. The normalized spacial score (nSPS) is 21.7. The van der Waals surface area contributed by atoms with E-state index in [9.17, 15) is 18.0 Å².